The molecule has 2 nitrogen and oxygen atoms in total. The van der Waals surface area contributed by atoms with Crippen LogP contribution in [-0.2, 0) is 0 Å². The van der Waals surface area contributed by atoms with Gasteiger partial charge in [-0.2, -0.15) is 0 Å². The molecular formula is C10H24N2Si. The first-order chi connectivity index (χ1) is 5.91. The van der Waals surface area contributed by atoms with Gasteiger partial charge < -0.3 is 0 Å². The van der Waals surface area contributed by atoms with Gasteiger partial charge in [0.15, 0.2) is 0 Å². The number of nitrogens with zero attached hydrogens (tertiary/aromatic N) is 2. The summed E-state index contributed by atoms with van der Waals surface area (Å²) < 4.78 is 0. The Bertz CT molecular complexity index is 158. The first kappa shape index (κ1) is 12.9. The largest absolute Gasteiger partial charge is 0.297 e. The first-order valence-electron chi connectivity index (χ1n) is 4.90. The molecule has 0 saturated carbocycles. The summed E-state index contributed by atoms with van der Waals surface area (Å²) in [6.45, 7) is 8.58. The molecule has 0 amide bonds. The van der Waals surface area contributed by atoms with Gasteiger partial charge in [0.05, 0.1) is 5.79 Å². The zero-order chi connectivity index (χ0) is 10.6. The minimum atomic E-state index is -0.860. The van der Waals surface area contributed by atoms with Crippen LogP contribution in [0.25, 0.3) is 0 Å². The van der Waals surface area contributed by atoms with E-state index in [0.717, 1.165) is 0 Å². The van der Waals surface area contributed by atoms with Crippen molar-refractivity contribution in [3.8, 4) is 0 Å². The van der Waals surface area contributed by atoms with Gasteiger partial charge in [0, 0.05) is 0 Å². The lowest BCUT2D eigenvalue weighted by Crippen LogP contribution is -2.51. The zero-order valence-electron chi connectivity index (χ0n) is 9.96. The fraction of sp³-hybridized carbons (Fsp3) is 0.800. The summed E-state index contributed by atoms with van der Waals surface area (Å²) in [6.07, 6.45) is 0. The van der Waals surface area contributed by atoms with E-state index in [-0.39, 0.29) is 0 Å². The molecule has 3 heteroatoms. The van der Waals surface area contributed by atoms with Crippen LogP contribution in [0, 0.1) is 0 Å². The molecule has 0 aliphatic heterocycles. The minimum Gasteiger partial charge on any atom is -0.297 e. The van der Waals surface area contributed by atoms with Crippen LogP contribution in [0.4, 0.5) is 0 Å². The smallest absolute Gasteiger partial charge is 0.101 e. The van der Waals surface area contributed by atoms with Crippen molar-refractivity contribution in [3.05, 3.63) is 11.8 Å². The van der Waals surface area contributed by atoms with Gasteiger partial charge in [-0.05, 0) is 35.1 Å². The zero-order valence-corrected chi connectivity index (χ0v) is 11.1. The van der Waals surface area contributed by atoms with Crippen LogP contribution >= 0.6 is 0 Å². The molecule has 0 saturated heterocycles. The highest BCUT2D eigenvalue weighted by molar-refractivity contribution is 6.67. The van der Waals surface area contributed by atoms with E-state index >= 15 is 0 Å². The van der Waals surface area contributed by atoms with Gasteiger partial charge in [-0.3, -0.25) is 9.80 Å². The van der Waals surface area contributed by atoms with Gasteiger partial charge in [0.2, 0.25) is 0 Å². The molecule has 78 valence electrons. The summed E-state index contributed by atoms with van der Waals surface area (Å²) in [6, 6.07) is 1.29. The van der Waals surface area contributed by atoms with E-state index in [1.807, 2.05) is 0 Å². The molecule has 0 radical (unpaired) electrons. The molecule has 0 heterocycles. The van der Waals surface area contributed by atoms with Crippen LogP contribution in [0.1, 0.15) is 13.8 Å². The third kappa shape index (κ3) is 3.63. The average molecular weight is 200 g/mol. The fourth-order valence-corrected chi connectivity index (χ4v) is 5.06. The van der Waals surface area contributed by atoms with E-state index in [4.69, 9.17) is 0 Å². The molecule has 0 aromatic carbocycles. The van der Waals surface area contributed by atoms with Gasteiger partial charge in [-0.25, -0.2) is 0 Å². The van der Waals surface area contributed by atoms with Crippen LogP contribution in [0.2, 0.25) is 6.04 Å². The minimum absolute atomic E-state index is 0.600. The summed E-state index contributed by atoms with van der Waals surface area (Å²) >= 11 is 0. The topological polar surface area (TPSA) is 6.48 Å². The summed E-state index contributed by atoms with van der Waals surface area (Å²) in [5.41, 5.74) is 0. The van der Waals surface area contributed by atoms with Gasteiger partial charge in [-0.15, -0.1) is 6.58 Å². The highest BCUT2D eigenvalue weighted by Gasteiger charge is 2.25. The number of rotatable bonds is 5. The lowest BCUT2D eigenvalue weighted by molar-refractivity contribution is 0.197. The summed E-state index contributed by atoms with van der Waals surface area (Å²) in [5, 5.41) is 1.41. The Morgan fingerprint density at radius 1 is 1.23 bits per heavy atom. The summed E-state index contributed by atoms with van der Waals surface area (Å²) in [5.74, 6) is 0.600. The molecule has 0 N–H and O–H groups in total. The maximum Gasteiger partial charge on any atom is 0.101 e. The van der Waals surface area contributed by atoms with Crippen LogP contribution in [0.15, 0.2) is 11.8 Å². The highest BCUT2D eigenvalue weighted by Crippen LogP contribution is 2.12. The van der Waals surface area contributed by atoms with Gasteiger partial charge >= 0.3 is 0 Å². The van der Waals surface area contributed by atoms with E-state index in [0.29, 0.717) is 5.79 Å². The lowest BCUT2D eigenvalue weighted by Gasteiger charge is -2.36. The van der Waals surface area contributed by atoms with Crippen LogP contribution in [-0.4, -0.2) is 52.6 Å². The van der Waals surface area contributed by atoms with Crippen LogP contribution in [0.3, 0.4) is 0 Å². The second-order valence-electron chi connectivity index (χ2n) is 4.20. The molecule has 0 aromatic heterocycles. The molecule has 1 unspecified atom stereocenters. The quantitative estimate of drug-likeness (QED) is 0.488. The molecule has 0 aliphatic rings. The Hall–Kier alpha value is -0.123. The molecule has 13 heavy (non-hydrogen) atoms. The van der Waals surface area contributed by atoms with Gasteiger partial charge in [-0.1, -0.05) is 18.2 Å². The average Bonchev–Trinajstić information content (AvgIpc) is 1.97. The monoisotopic (exact) mass is 200 g/mol. The van der Waals surface area contributed by atoms with E-state index in [9.17, 15) is 0 Å². The van der Waals surface area contributed by atoms with Crippen molar-refractivity contribution in [3.63, 3.8) is 0 Å². The summed E-state index contributed by atoms with van der Waals surface area (Å²) in [4.78, 5) is 4.63. The van der Waals surface area contributed by atoms with E-state index in [1.165, 1.54) is 11.2 Å². The van der Waals surface area contributed by atoms with Crippen molar-refractivity contribution in [2.24, 2.45) is 0 Å². The molecule has 0 rings (SSSR count). The fourth-order valence-electron chi connectivity index (χ4n) is 2.00. The van der Waals surface area contributed by atoms with Gasteiger partial charge in [0.1, 0.15) is 8.80 Å². The van der Waals surface area contributed by atoms with E-state index < -0.39 is 8.80 Å². The standard InChI is InChI=1S/C10H24N2Si/c1-8-13(9(2)3)10(11(4)5)12(6)7/h10,13H,2,8H2,1,3-7H3. The second-order valence-corrected chi connectivity index (χ2v) is 7.81. The second kappa shape index (κ2) is 5.57. The van der Waals surface area contributed by atoms with Crippen LogP contribution in [0.5, 0.6) is 0 Å². The predicted molar refractivity (Wildman–Crippen MR) is 63.6 cm³/mol. The van der Waals surface area contributed by atoms with Crippen molar-refractivity contribution in [1.29, 1.82) is 0 Å². The molecule has 0 aromatic rings. The third-order valence-corrected chi connectivity index (χ3v) is 6.55. The Labute approximate surface area is 84.8 Å². The third-order valence-electron chi connectivity index (χ3n) is 2.49. The van der Waals surface area contributed by atoms with Crippen molar-refractivity contribution >= 4 is 8.80 Å². The van der Waals surface area contributed by atoms with Crippen molar-refractivity contribution in [2.45, 2.75) is 25.7 Å². The number of allylic oxidation sites excluding steroid dienone is 1. The van der Waals surface area contributed by atoms with E-state index in [2.05, 4.69) is 58.4 Å². The number of hydrogen-bond acceptors (Lipinski definition) is 2. The Morgan fingerprint density at radius 3 is 1.69 bits per heavy atom. The molecule has 0 bridgehead atoms. The predicted octanol–water partition coefficient (Wildman–Crippen LogP) is 1.34. The van der Waals surface area contributed by atoms with E-state index in [1.54, 1.807) is 0 Å². The van der Waals surface area contributed by atoms with Crippen LogP contribution < -0.4 is 0 Å². The molecule has 0 fully saturated rings. The molecule has 0 aliphatic carbocycles. The van der Waals surface area contributed by atoms with Gasteiger partial charge in [0.25, 0.3) is 0 Å². The van der Waals surface area contributed by atoms with Crippen molar-refractivity contribution < 1.29 is 0 Å². The first-order valence-corrected chi connectivity index (χ1v) is 6.96. The number of hydrogen-bond donors (Lipinski definition) is 0. The SMILES string of the molecule is C=C(C)[SiH](CC)C(N(C)C)N(C)C. The Kier molecular flexibility index (Phi) is 5.52. The Morgan fingerprint density at radius 2 is 1.62 bits per heavy atom. The normalized spacial score (nSPS) is 14.2. The summed E-state index contributed by atoms with van der Waals surface area (Å²) in [7, 11) is 7.76. The maximum absolute atomic E-state index is 4.12. The Balaban J connectivity index is 4.59. The van der Waals surface area contributed by atoms with Crippen molar-refractivity contribution in [1.82, 2.24) is 9.80 Å². The lowest BCUT2D eigenvalue weighted by atomic mass is 10.7. The molecule has 0 spiro atoms. The maximum atomic E-state index is 4.12. The van der Waals surface area contributed by atoms with Crippen molar-refractivity contribution in [2.75, 3.05) is 28.2 Å². The highest BCUT2D eigenvalue weighted by atomic mass is 28.3. The molecular weight excluding hydrogens is 176 g/mol. The molecule has 1 atom stereocenters.